The van der Waals surface area contributed by atoms with Gasteiger partial charge in [0.2, 0.25) is 0 Å². The number of hydrogen-bond donors (Lipinski definition) is 2. The maximum Gasteiger partial charge on any atom is 0.191 e. The van der Waals surface area contributed by atoms with Gasteiger partial charge in [0, 0.05) is 44.2 Å². The van der Waals surface area contributed by atoms with Crippen molar-refractivity contribution >= 4 is 11.6 Å². The van der Waals surface area contributed by atoms with E-state index in [4.69, 9.17) is 0 Å². The van der Waals surface area contributed by atoms with E-state index in [9.17, 15) is 8.78 Å². The van der Waals surface area contributed by atoms with Gasteiger partial charge in [0.15, 0.2) is 5.96 Å². The van der Waals surface area contributed by atoms with E-state index in [1.165, 1.54) is 17.7 Å². The van der Waals surface area contributed by atoms with Gasteiger partial charge in [-0.2, -0.15) is 0 Å². The van der Waals surface area contributed by atoms with E-state index in [0.29, 0.717) is 24.2 Å². The van der Waals surface area contributed by atoms with Gasteiger partial charge in [-0.3, -0.25) is 4.99 Å². The monoisotopic (exact) mass is 370 g/mol. The van der Waals surface area contributed by atoms with Gasteiger partial charge in [0.1, 0.15) is 11.6 Å². The van der Waals surface area contributed by atoms with Crippen LogP contribution in [0.25, 0.3) is 0 Å². The second kappa shape index (κ2) is 7.55. The van der Waals surface area contributed by atoms with Crippen molar-refractivity contribution in [3.05, 3.63) is 65.7 Å². The predicted molar refractivity (Wildman–Crippen MR) is 104 cm³/mol. The maximum atomic E-state index is 14.0. The minimum absolute atomic E-state index is 0.176. The summed E-state index contributed by atoms with van der Waals surface area (Å²) in [4.78, 5) is 6.29. The Morgan fingerprint density at radius 2 is 1.93 bits per heavy atom. The minimum atomic E-state index is -0.549. The zero-order chi connectivity index (χ0) is 18.8. The summed E-state index contributed by atoms with van der Waals surface area (Å²) in [6.07, 6.45) is 1.98. The molecule has 1 aliphatic heterocycles. The summed E-state index contributed by atoms with van der Waals surface area (Å²) < 4.78 is 27.1. The van der Waals surface area contributed by atoms with Crippen LogP contribution < -0.4 is 15.5 Å². The molecule has 27 heavy (non-hydrogen) atoms. The van der Waals surface area contributed by atoms with Crippen molar-refractivity contribution in [3.8, 4) is 0 Å². The molecule has 4 rings (SSSR count). The molecule has 2 aromatic carbocycles. The number of nitrogens with zero attached hydrogens (tertiary/aromatic N) is 2. The van der Waals surface area contributed by atoms with Crippen LogP contribution in [0.15, 0.2) is 53.5 Å². The Morgan fingerprint density at radius 1 is 1.11 bits per heavy atom. The van der Waals surface area contributed by atoms with E-state index in [2.05, 4.69) is 39.9 Å². The molecule has 2 fully saturated rings. The van der Waals surface area contributed by atoms with E-state index in [-0.39, 0.29) is 6.04 Å². The smallest absolute Gasteiger partial charge is 0.191 e. The number of anilines is 1. The van der Waals surface area contributed by atoms with Crippen molar-refractivity contribution in [2.45, 2.75) is 30.8 Å². The summed E-state index contributed by atoms with van der Waals surface area (Å²) in [7, 11) is 1.77. The molecule has 0 spiro atoms. The Balaban J connectivity index is 1.31. The molecule has 0 bridgehead atoms. The molecule has 3 atom stereocenters. The number of guanidine groups is 1. The lowest BCUT2D eigenvalue weighted by atomic mass is 10.1. The first kappa shape index (κ1) is 17.8. The van der Waals surface area contributed by atoms with Crippen LogP contribution in [-0.4, -0.2) is 38.2 Å². The predicted octanol–water partition coefficient (Wildman–Crippen LogP) is 3.26. The average molecular weight is 370 g/mol. The van der Waals surface area contributed by atoms with E-state index in [1.807, 2.05) is 11.0 Å². The second-order valence-electron chi connectivity index (χ2n) is 7.25. The Morgan fingerprint density at radius 3 is 2.67 bits per heavy atom. The minimum Gasteiger partial charge on any atom is -0.367 e. The van der Waals surface area contributed by atoms with Crippen LogP contribution in [0.5, 0.6) is 0 Å². The van der Waals surface area contributed by atoms with E-state index in [0.717, 1.165) is 31.4 Å². The van der Waals surface area contributed by atoms with Gasteiger partial charge < -0.3 is 15.5 Å². The lowest BCUT2D eigenvalue weighted by molar-refractivity contribution is 0.580. The molecule has 2 aliphatic rings. The number of halogens is 2. The molecule has 0 amide bonds. The lowest BCUT2D eigenvalue weighted by Gasteiger charge is -2.21. The number of hydrogen-bond acceptors (Lipinski definition) is 2. The molecule has 0 radical (unpaired) electrons. The quantitative estimate of drug-likeness (QED) is 0.641. The van der Waals surface area contributed by atoms with Crippen LogP contribution >= 0.6 is 0 Å². The van der Waals surface area contributed by atoms with Gasteiger partial charge in [-0.1, -0.05) is 30.3 Å². The van der Waals surface area contributed by atoms with Crippen LogP contribution in [-0.2, 0) is 0 Å². The topological polar surface area (TPSA) is 39.7 Å². The third kappa shape index (κ3) is 4.04. The van der Waals surface area contributed by atoms with Crippen molar-refractivity contribution in [2.24, 2.45) is 4.99 Å². The molecule has 4 nitrogen and oxygen atoms in total. The zero-order valence-electron chi connectivity index (χ0n) is 15.3. The third-order valence-corrected chi connectivity index (χ3v) is 5.34. The fraction of sp³-hybridized carbons (Fsp3) is 0.381. The highest BCUT2D eigenvalue weighted by Gasteiger charge is 2.39. The zero-order valence-corrected chi connectivity index (χ0v) is 15.3. The van der Waals surface area contributed by atoms with Gasteiger partial charge in [0.25, 0.3) is 0 Å². The van der Waals surface area contributed by atoms with Crippen molar-refractivity contribution in [1.29, 1.82) is 0 Å². The molecule has 1 saturated carbocycles. The molecule has 2 N–H and O–H groups in total. The van der Waals surface area contributed by atoms with Gasteiger partial charge in [0.05, 0.1) is 5.69 Å². The fourth-order valence-electron chi connectivity index (χ4n) is 3.80. The van der Waals surface area contributed by atoms with Crippen molar-refractivity contribution < 1.29 is 8.78 Å². The highest BCUT2D eigenvalue weighted by molar-refractivity contribution is 5.81. The average Bonchev–Trinajstić information content (AvgIpc) is 3.29. The molecule has 1 aliphatic carbocycles. The standard InChI is InChI=1S/C21H24F2N4/c1-24-21(26-19-12-17(19)14-5-3-2-4-6-14)25-16-9-10-27(13-16)20-8-7-15(22)11-18(20)23/h2-8,11,16-17,19H,9-10,12-13H2,1H3,(H2,24,25,26). The SMILES string of the molecule is CN=C(NC1CCN(c2ccc(F)cc2F)C1)NC1CC1c1ccccc1. The van der Waals surface area contributed by atoms with Crippen LogP contribution in [0.2, 0.25) is 0 Å². The molecule has 2 aromatic rings. The normalized spacial score (nSPS) is 24.8. The molecule has 6 heteroatoms. The summed E-state index contributed by atoms with van der Waals surface area (Å²) in [5, 5.41) is 6.93. The number of nitrogens with one attached hydrogen (secondary N) is 2. The molecule has 1 heterocycles. The summed E-state index contributed by atoms with van der Waals surface area (Å²) in [5.74, 6) is 0.247. The Bertz CT molecular complexity index is 824. The largest absolute Gasteiger partial charge is 0.367 e. The number of rotatable bonds is 4. The fourth-order valence-corrected chi connectivity index (χ4v) is 3.80. The van der Waals surface area contributed by atoms with Crippen molar-refractivity contribution in [2.75, 3.05) is 25.0 Å². The molecular weight excluding hydrogens is 346 g/mol. The lowest BCUT2D eigenvalue weighted by Crippen LogP contribution is -2.45. The first-order valence-corrected chi connectivity index (χ1v) is 9.39. The summed E-state index contributed by atoms with van der Waals surface area (Å²) in [6.45, 7) is 1.39. The molecule has 142 valence electrons. The highest BCUT2D eigenvalue weighted by Crippen LogP contribution is 2.40. The summed E-state index contributed by atoms with van der Waals surface area (Å²) in [6, 6.07) is 14.8. The molecule has 1 saturated heterocycles. The van der Waals surface area contributed by atoms with Crippen LogP contribution in [0.1, 0.15) is 24.3 Å². The van der Waals surface area contributed by atoms with E-state index < -0.39 is 11.6 Å². The van der Waals surface area contributed by atoms with Crippen LogP contribution in [0.3, 0.4) is 0 Å². The Labute approximate surface area is 158 Å². The number of benzene rings is 2. The Kier molecular flexibility index (Phi) is 4.97. The summed E-state index contributed by atoms with van der Waals surface area (Å²) in [5.41, 5.74) is 1.80. The summed E-state index contributed by atoms with van der Waals surface area (Å²) >= 11 is 0. The van der Waals surface area contributed by atoms with E-state index in [1.54, 1.807) is 7.05 Å². The van der Waals surface area contributed by atoms with Crippen molar-refractivity contribution in [1.82, 2.24) is 10.6 Å². The Hall–Kier alpha value is -2.63. The maximum absolute atomic E-state index is 14.0. The third-order valence-electron chi connectivity index (χ3n) is 5.34. The van der Waals surface area contributed by atoms with Crippen LogP contribution in [0.4, 0.5) is 14.5 Å². The van der Waals surface area contributed by atoms with Crippen LogP contribution in [0, 0.1) is 11.6 Å². The first-order chi connectivity index (χ1) is 13.1. The number of aliphatic imine (C=N–C) groups is 1. The molecule has 3 unspecified atom stereocenters. The van der Waals surface area contributed by atoms with Gasteiger partial charge in [-0.15, -0.1) is 0 Å². The van der Waals surface area contributed by atoms with Gasteiger partial charge in [-0.05, 0) is 30.5 Å². The first-order valence-electron chi connectivity index (χ1n) is 9.39. The van der Waals surface area contributed by atoms with Gasteiger partial charge >= 0.3 is 0 Å². The van der Waals surface area contributed by atoms with Crippen molar-refractivity contribution in [3.63, 3.8) is 0 Å². The molecule has 0 aromatic heterocycles. The van der Waals surface area contributed by atoms with Gasteiger partial charge in [-0.25, -0.2) is 8.78 Å². The second-order valence-corrected chi connectivity index (χ2v) is 7.25. The van der Waals surface area contributed by atoms with E-state index >= 15 is 0 Å². The molecular formula is C21H24F2N4. The highest BCUT2D eigenvalue weighted by atomic mass is 19.1.